The minimum absolute atomic E-state index is 0.384. The molecular weight excluding hydrogens is 232 g/mol. The molecule has 5 nitrogen and oxygen atoms in total. The predicted molar refractivity (Wildman–Crippen MR) is 58.3 cm³/mol. The number of ether oxygens (including phenoxy) is 1. The maximum atomic E-state index is 11.1. The molecule has 0 aromatic rings. The van der Waals surface area contributed by atoms with Crippen molar-refractivity contribution in [2.24, 2.45) is 0 Å². The summed E-state index contributed by atoms with van der Waals surface area (Å²) in [6.45, 7) is 4.83. The molecule has 0 bridgehead atoms. The molecule has 0 aliphatic heterocycles. The topological polar surface area (TPSA) is 69.7 Å². The van der Waals surface area contributed by atoms with Gasteiger partial charge in [0.1, 0.15) is 11.7 Å². The zero-order chi connectivity index (χ0) is 12.4. The zero-order valence-corrected chi connectivity index (χ0v) is 10.2. The largest absolute Gasteiger partial charge is 0.459 e. The third-order valence-electron chi connectivity index (χ3n) is 2.34. The summed E-state index contributed by atoms with van der Waals surface area (Å²) in [5.74, 6) is -0.449. The van der Waals surface area contributed by atoms with Crippen LogP contribution in [0.2, 0.25) is 0 Å². The molecule has 1 atom stereocenters. The Morgan fingerprint density at radius 2 is 2.12 bits per heavy atom. The lowest BCUT2D eigenvalue weighted by Crippen LogP contribution is -2.36. The highest BCUT2D eigenvalue weighted by atomic mass is 32.2. The highest BCUT2D eigenvalue weighted by molar-refractivity contribution is 7.86. The van der Waals surface area contributed by atoms with Crippen molar-refractivity contribution in [3.8, 4) is 0 Å². The van der Waals surface area contributed by atoms with Crippen LogP contribution in [0.3, 0.4) is 0 Å². The normalized spacial score (nSPS) is 19.9. The van der Waals surface area contributed by atoms with Gasteiger partial charge in [0.25, 0.3) is 10.1 Å². The monoisotopic (exact) mass is 248 g/mol. The van der Waals surface area contributed by atoms with Crippen LogP contribution in [0.5, 0.6) is 0 Å². The van der Waals surface area contributed by atoms with Crippen molar-refractivity contribution < 1.29 is 22.1 Å². The van der Waals surface area contributed by atoms with Crippen molar-refractivity contribution in [3.05, 3.63) is 12.7 Å². The molecule has 1 rings (SSSR count). The van der Waals surface area contributed by atoms with E-state index in [0.717, 1.165) is 6.26 Å². The van der Waals surface area contributed by atoms with Crippen LogP contribution in [-0.4, -0.2) is 32.3 Å². The van der Waals surface area contributed by atoms with E-state index in [2.05, 4.69) is 6.58 Å². The van der Waals surface area contributed by atoms with Crippen LogP contribution in [0.15, 0.2) is 12.7 Å². The Hall–Kier alpha value is -0.880. The van der Waals surface area contributed by atoms with Gasteiger partial charge in [-0.25, -0.2) is 0 Å². The number of carbonyl (C=O) groups is 1. The van der Waals surface area contributed by atoms with E-state index < -0.39 is 27.8 Å². The van der Waals surface area contributed by atoms with Crippen LogP contribution in [-0.2, 0) is 23.8 Å². The highest BCUT2D eigenvalue weighted by Crippen LogP contribution is 2.46. The van der Waals surface area contributed by atoms with Gasteiger partial charge >= 0.3 is 5.97 Å². The van der Waals surface area contributed by atoms with E-state index >= 15 is 0 Å². The Kier molecular flexibility index (Phi) is 3.75. The second-order valence-corrected chi connectivity index (χ2v) is 5.55. The van der Waals surface area contributed by atoms with E-state index in [1.807, 2.05) is 0 Å². The van der Waals surface area contributed by atoms with Crippen molar-refractivity contribution in [2.75, 3.05) is 6.26 Å². The summed E-state index contributed by atoms with van der Waals surface area (Å²) in [5, 5.41) is 0. The molecular formula is C10H16O5S. The van der Waals surface area contributed by atoms with E-state index in [0.29, 0.717) is 19.3 Å². The van der Waals surface area contributed by atoms with Crippen molar-refractivity contribution >= 4 is 16.1 Å². The maximum absolute atomic E-state index is 11.1. The number of hydrogen-bond acceptors (Lipinski definition) is 5. The molecule has 0 aromatic heterocycles. The number of carbonyl (C=O) groups excluding carboxylic acids is 1. The minimum Gasteiger partial charge on any atom is -0.459 e. The Labute approximate surface area is 95.6 Å². The molecule has 0 aromatic carbocycles. The fourth-order valence-electron chi connectivity index (χ4n) is 1.61. The van der Waals surface area contributed by atoms with E-state index in [4.69, 9.17) is 8.92 Å². The van der Waals surface area contributed by atoms with Gasteiger partial charge in [-0.1, -0.05) is 6.08 Å². The highest BCUT2D eigenvalue weighted by Gasteiger charge is 2.54. The van der Waals surface area contributed by atoms with Crippen LogP contribution in [0, 0.1) is 0 Å². The smallest absolute Gasteiger partial charge is 0.303 e. The zero-order valence-electron chi connectivity index (χ0n) is 9.43. The lowest BCUT2D eigenvalue weighted by molar-refractivity contribution is -0.152. The van der Waals surface area contributed by atoms with Gasteiger partial charge in [-0.15, -0.1) is 6.58 Å². The van der Waals surface area contributed by atoms with Crippen molar-refractivity contribution in [1.29, 1.82) is 0 Å². The van der Waals surface area contributed by atoms with Crippen LogP contribution >= 0.6 is 0 Å². The first-order chi connectivity index (χ1) is 7.29. The second kappa shape index (κ2) is 4.55. The summed E-state index contributed by atoms with van der Waals surface area (Å²) in [7, 11) is -3.54. The second-order valence-electron chi connectivity index (χ2n) is 3.97. The first-order valence-corrected chi connectivity index (χ1v) is 6.79. The van der Waals surface area contributed by atoms with Crippen molar-refractivity contribution in [3.63, 3.8) is 0 Å². The fraction of sp³-hybridized carbons (Fsp3) is 0.700. The van der Waals surface area contributed by atoms with E-state index in [1.165, 1.54) is 6.92 Å². The molecule has 1 aliphatic carbocycles. The van der Waals surface area contributed by atoms with Crippen molar-refractivity contribution in [2.45, 2.75) is 37.9 Å². The van der Waals surface area contributed by atoms with Crippen molar-refractivity contribution in [1.82, 2.24) is 0 Å². The molecule has 0 N–H and O–H groups in total. The maximum Gasteiger partial charge on any atom is 0.303 e. The first kappa shape index (κ1) is 13.2. The number of esters is 1. The molecule has 1 saturated carbocycles. The molecule has 0 radical (unpaired) electrons. The lowest BCUT2D eigenvalue weighted by Gasteiger charge is -2.24. The number of hydrogen-bond donors (Lipinski definition) is 0. The molecule has 92 valence electrons. The Morgan fingerprint density at radius 3 is 2.44 bits per heavy atom. The molecule has 1 aliphatic rings. The summed E-state index contributed by atoms with van der Waals surface area (Å²) >= 11 is 0. The minimum atomic E-state index is -3.54. The first-order valence-electron chi connectivity index (χ1n) is 4.98. The van der Waals surface area contributed by atoms with E-state index in [9.17, 15) is 13.2 Å². The van der Waals surface area contributed by atoms with Crippen LogP contribution < -0.4 is 0 Å². The van der Waals surface area contributed by atoms with Gasteiger partial charge in [0.15, 0.2) is 0 Å². The van der Waals surface area contributed by atoms with Gasteiger partial charge in [-0.2, -0.15) is 8.42 Å². The standard InChI is InChI=1S/C10H16O5S/c1-4-5-9(14-8(2)11)10(6-7-10)15-16(3,12)13/h4,9H,1,5-7H2,2-3H3/t9-/m0/s1. The van der Waals surface area contributed by atoms with E-state index in [1.54, 1.807) is 6.08 Å². The molecule has 0 heterocycles. The van der Waals surface area contributed by atoms with Gasteiger partial charge < -0.3 is 4.74 Å². The SMILES string of the molecule is C=CC[C@H](OC(C)=O)C1(OS(C)(=O)=O)CC1. The molecule has 0 unspecified atom stereocenters. The molecule has 16 heavy (non-hydrogen) atoms. The molecule has 0 spiro atoms. The Bertz CT molecular complexity index is 380. The van der Waals surface area contributed by atoms with Crippen LogP contribution in [0.4, 0.5) is 0 Å². The summed E-state index contributed by atoms with van der Waals surface area (Å²) in [4.78, 5) is 10.9. The fourth-order valence-corrected chi connectivity index (χ4v) is 2.48. The third-order valence-corrected chi connectivity index (χ3v) is 2.97. The van der Waals surface area contributed by atoms with Gasteiger partial charge in [0.05, 0.1) is 6.26 Å². The van der Waals surface area contributed by atoms with E-state index in [-0.39, 0.29) is 0 Å². The average Bonchev–Trinajstić information content (AvgIpc) is 2.81. The number of rotatable bonds is 6. The van der Waals surface area contributed by atoms with Gasteiger partial charge in [-0.3, -0.25) is 8.98 Å². The lowest BCUT2D eigenvalue weighted by atomic mass is 10.1. The quantitative estimate of drug-likeness (QED) is 0.398. The summed E-state index contributed by atoms with van der Waals surface area (Å²) < 4.78 is 32.2. The Balaban J connectivity index is 2.77. The molecule has 0 saturated heterocycles. The average molecular weight is 248 g/mol. The third kappa shape index (κ3) is 3.61. The Morgan fingerprint density at radius 1 is 1.56 bits per heavy atom. The summed E-state index contributed by atoms with van der Waals surface area (Å²) in [5.41, 5.74) is -0.868. The summed E-state index contributed by atoms with van der Waals surface area (Å²) in [6, 6.07) is 0. The van der Waals surface area contributed by atoms with Gasteiger partial charge in [0.2, 0.25) is 0 Å². The van der Waals surface area contributed by atoms with Crippen LogP contribution in [0.25, 0.3) is 0 Å². The van der Waals surface area contributed by atoms with Crippen LogP contribution in [0.1, 0.15) is 26.2 Å². The van der Waals surface area contributed by atoms with Gasteiger partial charge in [0, 0.05) is 13.3 Å². The molecule has 6 heteroatoms. The van der Waals surface area contributed by atoms with Gasteiger partial charge in [-0.05, 0) is 12.8 Å². The molecule has 1 fully saturated rings. The summed E-state index contributed by atoms with van der Waals surface area (Å²) in [6.07, 6.45) is 3.54. The molecule has 0 amide bonds. The predicted octanol–water partition coefficient (Wildman–Crippen LogP) is 1.00.